The lowest BCUT2D eigenvalue weighted by molar-refractivity contribution is 0.0597. The second-order valence-electron chi connectivity index (χ2n) is 6.34. The highest BCUT2D eigenvalue weighted by molar-refractivity contribution is 7.90. The van der Waals surface area contributed by atoms with E-state index in [1.165, 1.54) is 19.6 Å². The van der Waals surface area contributed by atoms with Gasteiger partial charge in [0.15, 0.2) is 11.5 Å². The van der Waals surface area contributed by atoms with Gasteiger partial charge < -0.3 is 25.3 Å². The van der Waals surface area contributed by atoms with E-state index in [2.05, 4.69) is 10.1 Å². The summed E-state index contributed by atoms with van der Waals surface area (Å²) < 4.78 is 39.5. The molecule has 1 aromatic heterocycles. The molecule has 0 saturated carbocycles. The SMILES string of the molecule is CCOc1cc([C@@H](CS(C)(=O)=O)NC(=O)c2c(C(=O)OC)csc2N)ccc1OC. The largest absolute Gasteiger partial charge is 0.493 e. The molecule has 0 unspecified atom stereocenters. The van der Waals surface area contributed by atoms with E-state index in [0.717, 1.165) is 17.6 Å². The van der Waals surface area contributed by atoms with Crippen molar-refractivity contribution in [2.45, 2.75) is 13.0 Å². The van der Waals surface area contributed by atoms with Crippen LogP contribution in [0.15, 0.2) is 23.6 Å². The molecule has 1 atom stereocenters. The summed E-state index contributed by atoms with van der Waals surface area (Å²) in [6.07, 6.45) is 1.07. The minimum atomic E-state index is -3.48. The Morgan fingerprint density at radius 1 is 1.23 bits per heavy atom. The lowest BCUT2D eigenvalue weighted by Gasteiger charge is -2.20. The van der Waals surface area contributed by atoms with Crippen LogP contribution in [0.2, 0.25) is 0 Å². The van der Waals surface area contributed by atoms with Crippen LogP contribution in [-0.4, -0.2) is 53.1 Å². The van der Waals surface area contributed by atoms with Crippen molar-refractivity contribution in [3.63, 3.8) is 0 Å². The molecular weight excluding hydrogens is 432 g/mol. The molecule has 1 aromatic carbocycles. The number of hydrogen-bond acceptors (Lipinski definition) is 9. The summed E-state index contributed by atoms with van der Waals surface area (Å²) in [5.41, 5.74) is 6.33. The predicted molar refractivity (Wildman–Crippen MR) is 114 cm³/mol. The number of nitrogens with two attached hydrogens (primary N) is 1. The summed E-state index contributed by atoms with van der Waals surface area (Å²) in [6, 6.07) is 3.95. The second kappa shape index (κ2) is 9.81. The number of nitrogens with one attached hydrogen (secondary N) is 1. The van der Waals surface area contributed by atoms with Gasteiger partial charge in [0.1, 0.15) is 9.84 Å². The molecule has 11 heteroatoms. The number of carbonyl (C=O) groups is 2. The number of benzene rings is 1. The lowest BCUT2D eigenvalue weighted by Crippen LogP contribution is -2.34. The molecule has 0 radical (unpaired) electrons. The fourth-order valence-corrected chi connectivity index (χ4v) is 4.46. The molecule has 9 nitrogen and oxygen atoms in total. The number of anilines is 1. The Kier molecular flexibility index (Phi) is 7.68. The molecule has 0 fully saturated rings. The van der Waals surface area contributed by atoms with Gasteiger partial charge in [0.2, 0.25) is 0 Å². The van der Waals surface area contributed by atoms with Crippen molar-refractivity contribution in [1.29, 1.82) is 0 Å². The summed E-state index contributed by atoms with van der Waals surface area (Å²) >= 11 is 1.01. The molecule has 3 N–H and O–H groups in total. The first-order chi connectivity index (χ1) is 14.1. The predicted octanol–water partition coefficient (Wildman–Crippen LogP) is 2.04. The van der Waals surface area contributed by atoms with Crippen molar-refractivity contribution in [3.05, 3.63) is 40.3 Å². The van der Waals surface area contributed by atoms with E-state index in [1.807, 2.05) is 0 Å². The average molecular weight is 457 g/mol. The third kappa shape index (κ3) is 5.63. The topological polar surface area (TPSA) is 134 Å². The van der Waals surface area contributed by atoms with Crippen LogP contribution in [0.3, 0.4) is 0 Å². The Bertz CT molecular complexity index is 1030. The van der Waals surface area contributed by atoms with E-state index in [1.54, 1.807) is 25.1 Å². The van der Waals surface area contributed by atoms with Crippen LogP contribution in [0.4, 0.5) is 5.00 Å². The Labute approximate surface area is 179 Å². The van der Waals surface area contributed by atoms with Crippen LogP contribution in [0.5, 0.6) is 11.5 Å². The molecule has 0 aliphatic rings. The number of hydrogen-bond donors (Lipinski definition) is 2. The molecule has 1 heterocycles. The summed E-state index contributed by atoms with van der Waals surface area (Å²) in [5, 5.41) is 4.20. The van der Waals surface area contributed by atoms with Gasteiger partial charge in [-0.15, -0.1) is 11.3 Å². The lowest BCUT2D eigenvalue weighted by atomic mass is 10.1. The first kappa shape index (κ1) is 23.5. The highest BCUT2D eigenvalue weighted by atomic mass is 32.2. The van der Waals surface area contributed by atoms with Gasteiger partial charge in [0.25, 0.3) is 5.91 Å². The summed E-state index contributed by atoms with van der Waals surface area (Å²) in [4.78, 5) is 24.9. The minimum absolute atomic E-state index is 0.0142. The van der Waals surface area contributed by atoms with Crippen molar-refractivity contribution in [2.24, 2.45) is 0 Å². The molecule has 0 saturated heterocycles. The van der Waals surface area contributed by atoms with Crippen LogP contribution in [-0.2, 0) is 14.6 Å². The molecule has 1 amide bonds. The molecular formula is C19H24N2O7S2. The molecule has 2 rings (SSSR count). The van der Waals surface area contributed by atoms with Crippen molar-refractivity contribution in [3.8, 4) is 11.5 Å². The van der Waals surface area contributed by atoms with E-state index in [9.17, 15) is 18.0 Å². The molecule has 164 valence electrons. The number of nitrogen functional groups attached to an aromatic ring is 1. The Balaban J connectivity index is 2.45. The van der Waals surface area contributed by atoms with E-state index in [4.69, 9.17) is 15.2 Å². The first-order valence-electron chi connectivity index (χ1n) is 8.85. The monoisotopic (exact) mass is 456 g/mol. The fourth-order valence-electron chi connectivity index (χ4n) is 2.80. The Morgan fingerprint density at radius 2 is 1.93 bits per heavy atom. The smallest absolute Gasteiger partial charge is 0.339 e. The quantitative estimate of drug-likeness (QED) is 0.548. The maximum atomic E-state index is 12.9. The van der Waals surface area contributed by atoms with Crippen LogP contribution in [0.25, 0.3) is 0 Å². The zero-order valence-electron chi connectivity index (χ0n) is 17.1. The number of thiophene rings is 1. The van der Waals surface area contributed by atoms with Gasteiger partial charge in [-0.05, 0) is 24.6 Å². The normalized spacial score (nSPS) is 12.1. The fraction of sp³-hybridized carbons (Fsp3) is 0.368. The highest BCUT2D eigenvalue weighted by Gasteiger charge is 2.27. The maximum Gasteiger partial charge on any atom is 0.339 e. The van der Waals surface area contributed by atoms with E-state index in [0.29, 0.717) is 23.7 Å². The molecule has 0 aliphatic carbocycles. The van der Waals surface area contributed by atoms with Gasteiger partial charge in [-0.3, -0.25) is 4.79 Å². The number of ether oxygens (including phenoxy) is 3. The summed E-state index contributed by atoms with van der Waals surface area (Å²) in [7, 11) is -0.797. The summed E-state index contributed by atoms with van der Waals surface area (Å²) in [5.74, 6) is -0.878. The van der Waals surface area contributed by atoms with E-state index >= 15 is 0 Å². The van der Waals surface area contributed by atoms with Crippen molar-refractivity contribution in [2.75, 3.05) is 38.6 Å². The Morgan fingerprint density at radius 3 is 2.50 bits per heavy atom. The molecule has 30 heavy (non-hydrogen) atoms. The minimum Gasteiger partial charge on any atom is -0.493 e. The second-order valence-corrected chi connectivity index (χ2v) is 9.44. The van der Waals surface area contributed by atoms with Crippen molar-refractivity contribution < 1.29 is 32.2 Å². The molecule has 2 aromatic rings. The van der Waals surface area contributed by atoms with Gasteiger partial charge >= 0.3 is 5.97 Å². The van der Waals surface area contributed by atoms with Crippen LogP contribution in [0, 0.1) is 0 Å². The maximum absolute atomic E-state index is 12.9. The number of rotatable bonds is 9. The number of carbonyl (C=O) groups excluding carboxylic acids is 2. The number of methoxy groups -OCH3 is 2. The number of amides is 1. The van der Waals surface area contributed by atoms with Gasteiger partial charge in [0.05, 0.1) is 48.7 Å². The average Bonchev–Trinajstić information content (AvgIpc) is 3.07. The van der Waals surface area contributed by atoms with Crippen LogP contribution in [0.1, 0.15) is 39.2 Å². The van der Waals surface area contributed by atoms with Gasteiger partial charge in [-0.25, -0.2) is 13.2 Å². The molecule has 0 bridgehead atoms. The number of esters is 1. The van der Waals surface area contributed by atoms with Crippen LogP contribution < -0.4 is 20.5 Å². The van der Waals surface area contributed by atoms with Crippen molar-refractivity contribution >= 4 is 38.1 Å². The van der Waals surface area contributed by atoms with Gasteiger partial charge in [-0.1, -0.05) is 6.07 Å². The van der Waals surface area contributed by atoms with Gasteiger partial charge in [0, 0.05) is 11.6 Å². The zero-order valence-corrected chi connectivity index (χ0v) is 18.7. The zero-order chi connectivity index (χ0) is 22.5. The standard InChI is InChI=1S/C19H24N2O7S2/c1-5-28-15-8-11(6-7-14(15)26-2)13(10-30(4,24)25)21-18(22)16-12(19(23)27-3)9-29-17(16)20/h6-9,13H,5,10,20H2,1-4H3,(H,21,22)/t13-/m1/s1. The third-order valence-corrected chi connectivity index (χ3v) is 5.87. The Hall–Kier alpha value is -2.79. The van der Waals surface area contributed by atoms with Crippen molar-refractivity contribution in [1.82, 2.24) is 5.32 Å². The first-order valence-corrected chi connectivity index (χ1v) is 11.8. The molecule has 0 aliphatic heterocycles. The molecule has 0 spiro atoms. The van der Waals surface area contributed by atoms with E-state index < -0.39 is 27.8 Å². The van der Waals surface area contributed by atoms with Gasteiger partial charge in [-0.2, -0.15) is 0 Å². The summed E-state index contributed by atoms with van der Waals surface area (Å²) in [6.45, 7) is 2.17. The van der Waals surface area contributed by atoms with Crippen LogP contribution >= 0.6 is 11.3 Å². The number of sulfone groups is 1. The van der Waals surface area contributed by atoms with E-state index in [-0.39, 0.29) is 21.9 Å². The highest BCUT2D eigenvalue weighted by Crippen LogP contribution is 2.32. The third-order valence-electron chi connectivity index (χ3n) is 4.12.